The lowest BCUT2D eigenvalue weighted by molar-refractivity contribution is -0.106. The van der Waals surface area contributed by atoms with Gasteiger partial charge in [-0.25, -0.2) is 4.79 Å². The molecule has 0 fully saturated rings. The van der Waals surface area contributed by atoms with Crippen LogP contribution in [0.2, 0.25) is 0 Å². The third kappa shape index (κ3) is 3.02. The van der Waals surface area contributed by atoms with Crippen LogP contribution in [0.4, 0.5) is 5.00 Å². The Morgan fingerprint density at radius 1 is 1.67 bits per heavy atom. The van der Waals surface area contributed by atoms with Crippen LogP contribution in [0.1, 0.15) is 10.4 Å². The molecule has 0 atom stereocenters. The Morgan fingerprint density at radius 2 is 2.17 bits per heavy atom. The summed E-state index contributed by atoms with van der Waals surface area (Å²) in [4.78, 5) is 18.8. The van der Waals surface area contributed by atoms with Gasteiger partial charge in [-0.1, -0.05) is 0 Å². The molecule has 0 bridgehead atoms. The summed E-state index contributed by atoms with van der Waals surface area (Å²) < 4.78 is 0. The zero-order valence-corrected chi connectivity index (χ0v) is 6.88. The zero-order chi connectivity index (χ0) is 9.56. The number of thiophene rings is 1. The van der Waals surface area contributed by atoms with Crippen molar-refractivity contribution in [3.8, 4) is 0 Å². The fourth-order valence-corrected chi connectivity index (χ4v) is 1.13. The minimum atomic E-state index is -0.964. The number of carboxylic acid groups (broad SMARTS) is 1. The number of nitrogen functional groups attached to an aromatic ring is 1. The summed E-state index contributed by atoms with van der Waals surface area (Å²) >= 11 is 1.23. The van der Waals surface area contributed by atoms with E-state index in [0.717, 1.165) is 0 Å². The largest absolute Gasteiger partial charge is 0.478 e. The maximum Gasteiger partial charge on any atom is 0.338 e. The van der Waals surface area contributed by atoms with Crippen LogP contribution in [0.5, 0.6) is 0 Å². The summed E-state index contributed by atoms with van der Waals surface area (Å²) in [5.41, 5.74) is 9.64. The van der Waals surface area contributed by atoms with Gasteiger partial charge < -0.3 is 16.6 Å². The van der Waals surface area contributed by atoms with Gasteiger partial charge in [-0.15, -0.1) is 11.3 Å². The lowest BCUT2D eigenvalue weighted by Gasteiger charge is -1.86. The Hall–Kier alpha value is -1.56. The molecule has 0 unspecified atom stereocenters. The third-order valence-corrected chi connectivity index (χ3v) is 1.67. The summed E-state index contributed by atoms with van der Waals surface area (Å²) in [5.74, 6) is -0.964. The van der Waals surface area contributed by atoms with Crippen LogP contribution in [0.25, 0.3) is 0 Å². The van der Waals surface area contributed by atoms with Gasteiger partial charge in [0, 0.05) is 0 Å². The monoisotopic (exact) mass is 188 g/mol. The first kappa shape index (κ1) is 10.4. The highest BCUT2D eigenvalue weighted by Crippen LogP contribution is 2.17. The highest BCUT2D eigenvalue weighted by molar-refractivity contribution is 7.14. The topological polar surface area (TPSA) is 106 Å². The Labute approximate surface area is 72.6 Å². The lowest BCUT2D eigenvalue weighted by atomic mass is 10.3. The molecule has 5 N–H and O–H groups in total. The van der Waals surface area contributed by atoms with E-state index in [-0.39, 0.29) is 12.0 Å². The Bertz CT molecular complexity index is 272. The molecule has 0 aliphatic rings. The molecule has 66 valence electrons. The first-order valence-electron chi connectivity index (χ1n) is 2.85. The van der Waals surface area contributed by atoms with Gasteiger partial charge >= 0.3 is 5.97 Å². The SMILES string of the molecule is NC=O.Nc1sccc1C(=O)O. The first-order valence-corrected chi connectivity index (χ1v) is 3.73. The number of carbonyl (C=O) groups is 2. The van der Waals surface area contributed by atoms with Gasteiger partial charge in [0.1, 0.15) is 5.00 Å². The van der Waals surface area contributed by atoms with Crippen LogP contribution in [0.15, 0.2) is 11.4 Å². The van der Waals surface area contributed by atoms with Gasteiger partial charge in [0.2, 0.25) is 6.41 Å². The fourth-order valence-electron chi connectivity index (χ4n) is 0.498. The van der Waals surface area contributed by atoms with Crippen molar-refractivity contribution in [2.24, 2.45) is 5.73 Å². The number of primary amides is 1. The van der Waals surface area contributed by atoms with E-state index in [1.54, 1.807) is 5.38 Å². The average molecular weight is 188 g/mol. The van der Waals surface area contributed by atoms with Gasteiger partial charge in [-0.2, -0.15) is 0 Å². The summed E-state index contributed by atoms with van der Waals surface area (Å²) in [5, 5.41) is 10.4. The van der Waals surface area contributed by atoms with E-state index in [1.807, 2.05) is 0 Å². The number of amides is 1. The van der Waals surface area contributed by atoms with Gasteiger partial charge in [-0.3, -0.25) is 4.79 Å². The molecule has 0 saturated carbocycles. The van der Waals surface area contributed by atoms with Crippen molar-refractivity contribution in [2.75, 3.05) is 5.73 Å². The van der Waals surface area contributed by atoms with Crippen LogP contribution >= 0.6 is 11.3 Å². The van der Waals surface area contributed by atoms with E-state index in [0.29, 0.717) is 5.00 Å². The van der Waals surface area contributed by atoms with Crippen LogP contribution in [0.3, 0.4) is 0 Å². The van der Waals surface area contributed by atoms with Crippen molar-refractivity contribution in [2.45, 2.75) is 0 Å². The average Bonchev–Trinajstić information content (AvgIpc) is 2.36. The van der Waals surface area contributed by atoms with Gasteiger partial charge in [0.15, 0.2) is 0 Å². The molecule has 1 rings (SSSR count). The predicted octanol–water partition coefficient (Wildman–Crippen LogP) is 0.130. The van der Waals surface area contributed by atoms with Crippen LogP contribution < -0.4 is 11.5 Å². The van der Waals surface area contributed by atoms with Crippen molar-refractivity contribution in [1.29, 1.82) is 0 Å². The second-order valence-electron chi connectivity index (χ2n) is 1.64. The minimum absolute atomic E-state index is 0.194. The first-order chi connectivity index (χ1) is 5.63. The number of carboxylic acids is 1. The Kier molecular flexibility index (Phi) is 4.47. The lowest BCUT2D eigenvalue weighted by Crippen LogP contribution is -1.96. The number of aromatic carboxylic acids is 1. The summed E-state index contributed by atoms with van der Waals surface area (Å²) in [6, 6.07) is 1.49. The number of anilines is 1. The molecule has 1 heterocycles. The molecule has 0 aliphatic carbocycles. The number of nitrogens with two attached hydrogens (primary N) is 2. The molecule has 1 amide bonds. The quantitative estimate of drug-likeness (QED) is 0.544. The van der Waals surface area contributed by atoms with E-state index >= 15 is 0 Å². The van der Waals surface area contributed by atoms with Crippen LogP contribution in [0, 0.1) is 0 Å². The van der Waals surface area contributed by atoms with Crippen molar-refractivity contribution >= 4 is 28.7 Å². The number of hydrogen-bond acceptors (Lipinski definition) is 4. The molecule has 12 heavy (non-hydrogen) atoms. The summed E-state index contributed by atoms with van der Waals surface area (Å²) in [6.45, 7) is 0. The maximum absolute atomic E-state index is 10.2. The zero-order valence-electron chi connectivity index (χ0n) is 6.06. The molecule has 0 radical (unpaired) electrons. The van der Waals surface area contributed by atoms with E-state index in [1.165, 1.54) is 17.4 Å². The highest BCUT2D eigenvalue weighted by Gasteiger charge is 2.06. The van der Waals surface area contributed by atoms with Crippen molar-refractivity contribution in [1.82, 2.24) is 0 Å². The molecular formula is C6H8N2O3S. The summed E-state index contributed by atoms with van der Waals surface area (Å²) in [7, 11) is 0. The minimum Gasteiger partial charge on any atom is -0.478 e. The Balaban J connectivity index is 0.000000354. The predicted molar refractivity (Wildman–Crippen MR) is 45.9 cm³/mol. The number of rotatable bonds is 1. The smallest absolute Gasteiger partial charge is 0.338 e. The van der Waals surface area contributed by atoms with E-state index < -0.39 is 5.97 Å². The van der Waals surface area contributed by atoms with Gasteiger partial charge in [0.05, 0.1) is 5.56 Å². The van der Waals surface area contributed by atoms with Crippen LogP contribution in [-0.4, -0.2) is 17.5 Å². The third-order valence-electron chi connectivity index (χ3n) is 0.926. The molecule has 1 aromatic rings. The molecule has 5 nitrogen and oxygen atoms in total. The van der Waals surface area contributed by atoms with Crippen molar-refractivity contribution < 1.29 is 14.7 Å². The standard InChI is InChI=1S/C5H5NO2S.CH3NO/c6-4-3(5(7)8)1-2-9-4;2-1-3/h1-2H,6H2,(H,7,8);1H,(H2,2,3). The van der Waals surface area contributed by atoms with E-state index in [2.05, 4.69) is 5.73 Å². The van der Waals surface area contributed by atoms with Gasteiger partial charge in [-0.05, 0) is 11.4 Å². The molecule has 6 heteroatoms. The van der Waals surface area contributed by atoms with Crippen molar-refractivity contribution in [3.05, 3.63) is 17.0 Å². The molecule has 0 aliphatic heterocycles. The molecular weight excluding hydrogens is 180 g/mol. The number of carbonyl (C=O) groups excluding carboxylic acids is 1. The number of hydrogen-bond donors (Lipinski definition) is 3. The highest BCUT2D eigenvalue weighted by atomic mass is 32.1. The normalized spacial score (nSPS) is 8.00. The molecule has 0 saturated heterocycles. The second kappa shape index (κ2) is 5.14. The van der Waals surface area contributed by atoms with E-state index in [4.69, 9.17) is 15.6 Å². The summed E-state index contributed by atoms with van der Waals surface area (Å²) in [6.07, 6.45) is 0.250. The molecule has 0 spiro atoms. The van der Waals surface area contributed by atoms with E-state index in [9.17, 15) is 4.79 Å². The van der Waals surface area contributed by atoms with Crippen molar-refractivity contribution in [3.63, 3.8) is 0 Å². The maximum atomic E-state index is 10.2. The van der Waals surface area contributed by atoms with Gasteiger partial charge in [0.25, 0.3) is 0 Å². The molecule has 1 aromatic heterocycles. The van der Waals surface area contributed by atoms with Crippen LogP contribution in [-0.2, 0) is 4.79 Å². The second-order valence-corrected chi connectivity index (χ2v) is 2.59. The molecule has 0 aromatic carbocycles. The fraction of sp³-hybridized carbons (Fsp3) is 0. The Morgan fingerprint density at radius 3 is 2.33 bits per heavy atom.